The van der Waals surface area contributed by atoms with Gasteiger partial charge in [0.1, 0.15) is 6.04 Å². The molecular weight excluding hydrogens is 217 g/mol. The van der Waals surface area contributed by atoms with Crippen LogP contribution in [0, 0.1) is 0 Å². The van der Waals surface area contributed by atoms with Gasteiger partial charge in [-0.1, -0.05) is 0 Å². The summed E-state index contributed by atoms with van der Waals surface area (Å²) in [6.45, 7) is 0. The van der Waals surface area contributed by atoms with Gasteiger partial charge in [-0.15, -0.1) is 12.6 Å². The molecule has 1 aromatic rings. The number of aromatic nitrogens is 2. The normalized spacial score (nSPS) is 11.8. The summed E-state index contributed by atoms with van der Waals surface area (Å²) in [6, 6.07) is -0.891. The molecule has 5 nitrogen and oxygen atoms in total. The minimum absolute atomic E-state index is 0. The van der Waals surface area contributed by atoms with Crippen LogP contribution in [-0.4, -0.2) is 78.5 Å². The van der Waals surface area contributed by atoms with Gasteiger partial charge in [0.25, 0.3) is 0 Å². The Morgan fingerprint density at radius 1 is 1.85 bits per heavy atom. The van der Waals surface area contributed by atoms with Crippen molar-refractivity contribution in [3.63, 3.8) is 0 Å². The van der Waals surface area contributed by atoms with Crippen molar-refractivity contribution in [3.05, 3.63) is 11.9 Å². The molecule has 0 aliphatic rings. The van der Waals surface area contributed by atoms with Crippen molar-refractivity contribution >= 4 is 70.0 Å². The molecule has 0 unspecified atom stereocenters. The van der Waals surface area contributed by atoms with E-state index in [2.05, 4.69) is 22.6 Å². The van der Waals surface area contributed by atoms with E-state index in [1.807, 2.05) is 0 Å². The average Bonchev–Trinajstić information content (AvgIpc) is 2.35. The molecule has 7 heteroatoms. The van der Waals surface area contributed by atoms with Gasteiger partial charge in [-0.3, -0.25) is 4.79 Å². The predicted molar refractivity (Wildman–Crippen MR) is 52.3 cm³/mol. The number of hydrogen-bond acceptors (Lipinski definition) is 4. The van der Waals surface area contributed by atoms with Crippen molar-refractivity contribution in [3.8, 4) is 0 Å². The second-order valence-corrected chi connectivity index (χ2v) is 2.80. The van der Waals surface area contributed by atoms with Crippen molar-refractivity contribution in [1.82, 2.24) is 9.97 Å². The molecule has 0 spiro atoms. The van der Waals surface area contributed by atoms with E-state index in [0.717, 1.165) is 0 Å². The molecule has 13 heavy (non-hydrogen) atoms. The van der Waals surface area contributed by atoms with Crippen LogP contribution in [0.15, 0.2) is 11.4 Å². The summed E-state index contributed by atoms with van der Waals surface area (Å²) < 4.78 is 0. The van der Waals surface area contributed by atoms with Gasteiger partial charge in [0.2, 0.25) is 0 Å². The molecule has 68 valence electrons. The van der Waals surface area contributed by atoms with Crippen molar-refractivity contribution < 1.29 is 9.90 Å². The van der Waals surface area contributed by atoms with E-state index in [0.29, 0.717) is 10.9 Å². The third-order valence-corrected chi connectivity index (χ3v) is 1.60. The molecule has 0 aliphatic heterocycles. The van der Waals surface area contributed by atoms with E-state index in [4.69, 9.17) is 10.8 Å². The van der Waals surface area contributed by atoms with Gasteiger partial charge in [0, 0.05) is 18.3 Å². The first-order valence-corrected chi connectivity index (χ1v) is 3.75. The molecule has 0 amide bonds. The zero-order valence-electron chi connectivity index (χ0n) is 6.19. The molecule has 0 fully saturated rings. The first kappa shape index (κ1) is 13.6. The fourth-order valence-corrected chi connectivity index (χ4v) is 0.977. The summed E-state index contributed by atoms with van der Waals surface area (Å²) in [5.74, 6) is -1.02. The molecule has 0 radical (unpaired) electrons. The van der Waals surface area contributed by atoms with Crippen molar-refractivity contribution in [2.45, 2.75) is 17.6 Å². The van der Waals surface area contributed by atoms with E-state index in [9.17, 15) is 4.79 Å². The Morgan fingerprint density at radius 2 is 2.46 bits per heavy atom. The number of H-pyrrole nitrogens is 1. The van der Waals surface area contributed by atoms with Gasteiger partial charge in [-0.25, -0.2) is 4.98 Å². The third kappa shape index (κ3) is 4.59. The van der Waals surface area contributed by atoms with Crippen molar-refractivity contribution in [2.24, 2.45) is 5.73 Å². The quantitative estimate of drug-likeness (QED) is 0.394. The molecular formula is C6H10KN3O2S. The number of aromatic amines is 1. The van der Waals surface area contributed by atoms with E-state index in [-0.39, 0.29) is 57.8 Å². The summed E-state index contributed by atoms with van der Waals surface area (Å²) in [5, 5.41) is 8.93. The van der Waals surface area contributed by atoms with Crippen molar-refractivity contribution in [2.75, 3.05) is 0 Å². The Morgan fingerprint density at radius 3 is 2.85 bits per heavy atom. The second kappa shape index (κ2) is 6.17. The molecule has 0 saturated carbocycles. The van der Waals surface area contributed by atoms with Crippen LogP contribution in [-0.2, 0) is 11.2 Å². The van der Waals surface area contributed by atoms with Gasteiger partial charge >= 0.3 is 57.4 Å². The maximum atomic E-state index is 10.3. The number of nitrogens with two attached hydrogens (primary N) is 1. The van der Waals surface area contributed by atoms with Gasteiger partial charge in [0.05, 0.1) is 0 Å². The minimum atomic E-state index is -1.02. The number of carboxylic acids is 1. The van der Waals surface area contributed by atoms with Gasteiger partial charge < -0.3 is 15.8 Å². The van der Waals surface area contributed by atoms with Crippen LogP contribution < -0.4 is 5.73 Å². The van der Waals surface area contributed by atoms with Crippen LogP contribution in [0.4, 0.5) is 0 Å². The van der Waals surface area contributed by atoms with Crippen LogP contribution in [0.1, 0.15) is 5.69 Å². The summed E-state index contributed by atoms with van der Waals surface area (Å²) in [5.41, 5.74) is 5.96. The molecule has 0 bridgehead atoms. The zero-order chi connectivity index (χ0) is 9.14. The number of carbonyl (C=O) groups is 1. The molecule has 1 rings (SSSR count). The van der Waals surface area contributed by atoms with Crippen LogP contribution >= 0.6 is 12.6 Å². The Balaban J connectivity index is 0.00000144. The van der Waals surface area contributed by atoms with E-state index < -0.39 is 12.0 Å². The summed E-state index contributed by atoms with van der Waals surface area (Å²) in [7, 11) is 0. The maximum absolute atomic E-state index is 10.3. The van der Waals surface area contributed by atoms with Crippen LogP contribution in [0.2, 0.25) is 0 Å². The molecule has 1 heterocycles. The van der Waals surface area contributed by atoms with Gasteiger partial charge in [0.15, 0.2) is 5.16 Å². The number of carboxylic acid groups (broad SMARTS) is 1. The number of thiol groups is 1. The number of rotatable bonds is 3. The topological polar surface area (TPSA) is 92.0 Å². The number of imidazole rings is 1. The van der Waals surface area contributed by atoms with E-state index >= 15 is 0 Å². The SMILES string of the molecule is N[C@@H](Cc1cnc(S)[nH]1)C(=O)O.[KH]. The fourth-order valence-electron chi connectivity index (χ4n) is 0.775. The molecule has 0 aliphatic carbocycles. The third-order valence-electron chi connectivity index (χ3n) is 1.37. The Labute approximate surface area is 123 Å². The van der Waals surface area contributed by atoms with Crippen LogP contribution in [0.3, 0.4) is 0 Å². The summed E-state index contributed by atoms with van der Waals surface area (Å²) in [4.78, 5) is 16.9. The Kier molecular flexibility index (Phi) is 6.47. The Hall–Kier alpha value is 0.626. The van der Waals surface area contributed by atoms with E-state index in [1.54, 1.807) is 0 Å². The zero-order valence-corrected chi connectivity index (χ0v) is 7.08. The van der Waals surface area contributed by atoms with Crippen LogP contribution in [0.25, 0.3) is 0 Å². The molecule has 1 atom stereocenters. The predicted octanol–water partition coefficient (Wildman–Crippen LogP) is -0.996. The number of nitrogens with one attached hydrogen (secondary N) is 1. The summed E-state index contributed by atoms with van der Waals surface area (Å²) >= 11 is 3.92. The molecule has 0 aromatic carbocycles. The monoisotopic (exact) mass is 227 g/mol. The molecule has 1 aromatic heterocycles. The Bertz CT molecular complexity index is 291. The number of nitrogens with zero attached hydrogens (tertiary/aromatic N) is 1. The second-order valence-electron chi connectivity index (χ2n) is 2.38. The van der Waals surface area contributed by atoms with Crippen LogP contribution in [0.5, 0.6) is 0 Å². The fraction of sp³-hybridized carbons (Fsp3) is 0.333. The average molecular weight is 227 g/mol. The first-order chi connectivity index (χ1) is 5.59. The van der Waals surface area contributed by atoms with Gasteiger partial charge in [-0.05, 0) is 0 Å². The standard InChI is InChI=1S/C6H9N3O2S.K.H/c7-4(5(10)11)1-3-2-8-6(12)9-3;;/h2,4H,1,7H2,(H,10,11)(H2,8,9,12);;/t4-;;/m0../s1. The first-order valence-electron chi connectivity index (χ1n) is 3.31. The van der Waals surface area contributed by atoms with E-state index in [1.165, 1.54) is 6.20 Å². The molecule has 0 saturated heterocycles. The number of hydrogen-bond donors (Lipinski definition) is 4. The number of aliphatic carboxylic acids is 1. The van der Waals surface area contributed by atoms with Crippen molar-refractivity contribution in [1.29, 1.82) is 0 Å². The summed E-state index contributed by atoms with van der Waals surface area (Å²) in [6.07, 6.45) is 1.76. The van der Waals surface area contributed by atoms with Gasteiger partial charge in [-0.2, -0.15) is 0 Å². The molecule has 4 N–H and O–H groups in total.